The number of carbonyl (C=O) groups excluding carboxylic acids is 1. The number of nitrogens with zero attached hydrogens (tertiary/aromatic N) is 1. The number of phenols is 1. The van der Waals surface area contributed by atoms with Gasteiger partial charge >= 0.3 is 5.97 Å². The summed E-state index contributed by atoms with van der Waals surface area (Å²) in [7, 11) is 2.91. The van der Waals surface area contributed by atoms with Crippen LogP contribution in [0.3, 0.4) is 0 Å². The van der Waals surface area contributed by atoms with Crippen LogP contribution in [0.2, 0.25) is 0 Å². The van der Waals surface area contributed by atoms with Crippen LogP contribution in [0.4, 0.5) is 0 Å². The number of carbonyl (C=O) groups is 1. The molecule has 0 aliphatic rings. The Morgan fingerprint density at radius 2 is 2.15 bits per heavy atom. The highest BCUT2D eigenvalue weighted by atomic mass is 16.6. The molecule has 106 valence electrons. The van der Waals surface area contributed by atoms with E-state index in [9.17, 15) is 9.90 Å². The Balaban J connectivity index is 2.86. The van der Waals surface area contributed by atoms with Crippen molar-refractivity contribution in [2.75, 3.05) is 27.4 Å². The van der Waals surface area contributed by atoms with Crippen molar-refractivity contribution in [3.8, 4) is 17.6 Å². The molecule has 0 unspecified atom stereocenters. The van der Waals surface area contributed by atoms with Crippen LogP contribution in [0, 0.1) is 11.3 Å². The van der Waals surface area contributed by atoms with Gasteiger partial charge in [-0.2, -0.15) is 5.26 Å². The Hall–Kier alpha value is -2.52. The van der Waals surface area contributed by atoms with Crippen molar-refractivity contribution in [2.45, 2.75) is 0 Å². The third kappa shape index (κ3) is 4.30. The largest absolute Gasteiger partial charge is 0.504 e. The van der Waals surface area contributed by atoms with Crippen molar-refractivity contribution >= 4 is 12.0 Å². The summed E-state index contributed by atoms with van der Waals surface area (Å²) in [6.07, 6.45) is 1.33. The SMILES string of the molecule is COCCOC(=O)C(C#N)=Cc1ccc(OC)c(O)c1. The van der Waals surface area contributed by atoms with Gasteiger partial charge in [-0.1, -0.05) is 6.07 Å². The summed E-state index contributed by atoms with van der Waals surface area (Å²) in [5.74, 6) is -0.505. The maximum atomic E-state index is 11.6. The lowest BCUT2D eigenvalue weighted by Crippen LogP contribution is -2.11. The highest BCUT2D eigenvalue weighted by molar-refractivity contribution is 5.97. The van der Waals surface area contributed by atoms with Crippen molar-refractivity contribution in [3.05, 3.63) is 29.3 Å². The Morgan fingerprint density at radius 1 is 1.40 bits per heavy atom. The maximum Gasteiger partial charge on any atom is 0.348 e. The predicted molar refractivity (Wildman–Crippen MR) is 71.1 cm³/mol. The average Bonchev–Trinajstić information content (AvgIpc) is 2.45. The third-order valence-corrected chi connectivity index (χ3v) is 2.37. The zero-order valence-corrected chi connectivity index (χ0v) is 11.3. The maximum absolute atomic E-state index is 11.6. The van der Waals surface area contributed by atoms with Crippen molar-refractivity contribution in [3.63, 3.8) is 0 Å². The number of rotatable bonds is 6. The predicted octanol–water partition coefficient (Wildman–Crippen LogP) is 1.50. The van der Waals surface area contributed by atoms with Gasteiger partial charge < -0.3 is 19.3 Å². The first kappa shape index (κ1) is 15.5. The lowest BCUT2D eigenvalue weighted by molar-refractivity contribution is -0.139. The summed E-state index contributed by atoms with van der Waals surface area (Å²) in [6.45, 7) is 0.329. The summed E-state index contributed by atoms with van der Waals surface area (Å²) in [6, 6.07) is 6.29. The second kappa shape index (κ2) is 7.81. The number of ether oxygens (including phenoxy) is 3. The Morgan fingerprint density at radius 3 is 2.70 bits per heavy atom. The molecule has 6 nitrogen and oxygen atoms in total. The van der Waals surface area contributed by atoms with Gasteiger partial charge in [0.15, 0.2) is 11.5 Å². The Bertz CT molecular complexity index is 545. The molecular weight excluding hydrogens is 262 g/mol. The van der Waals surface area contributed by atoms with Gasteiger partial charge in [-0.25, -0.2) is 4.79 Å². The molecule has 0 aliphatic heterocycles. The number of benzene rings is 1. The van der Waals surface area contributed by atoms with Crippen LogP contribution in [0.15, 0.2) is 23.8 Å². The second-order valence-electron chi connectivity index (χ2n) is 3.73. The minimum Gasteiger partial charge on any atom is -0.504 e. The highest BCUT2D eigenvalue weighted by Gasteiger charge is 2.11. The molecule has 1 rings (SSSR count). The topological polar surface area (TPSA) is 88.8 Å². The monoisotopic (exact) mass is 277 g/mol. The van der Waals surface area contributed by atoms with Crippen molar-refractivity contribution in [1.29, 1.82) is 5.26 Å². The van der Waals surface area contributed by atoms with Gasteiger partial charge in [0.05, 0.1) is 13.7 Å². The zero-order chi connectivity index (χ0) is 15.0. The van der Waals surface area contributed by atoms with Gasteiger partial charge in [-0.3, -0.25) is 0 Å². The van der Waals surface area contributed by atoms with E-state index in [1.807, 2.05) is 0 Å². The lowest BCUT2D eigenvalue weighted by Gasteiger charge is -2.05. The molecule has 1 aromatic rings. The molecule has 0 amide bonds. The molecule has 1 aromatic carbocycles. The number of hydrogen-bond acceptors (Lipinski definition) is 6. The normalized spacial score (nSPS) is 10.8. The summed E-state index contributed by atoms with van der Waals surface area (Å²) in [5.41, 5.74) is 0.328. The van der Waals surface area contributed by atoms with E-state index in [1.165, 1.54) is 32.4 Å². The summed E-state index contributed by atoms with van der Waals surface area (Å²) >= 11 is 0. The second-order valence-corrected chi connectivity index (χ2v) is 3.73. The number of aromatic hydroxyl groups is 1. The molecule has 0 saturated heterocycles. The number of hydrogen-bond donors (Lipinski definition) is 1. The molecule has 20 heavy (non-hydrogen) atoms. The van der Waals surface area contributed by atoms with E-state index >= 15 is 0 Å². The molecule has 0 bridgehead atoms. The van der Waals surface area contributed by atoms with Crippen LogP contribution in [0.5, 0.6) is 11.5 Å². The van der Waals surface area contributed by atoms with Crippen molar-refractivity contribution in [2.24, 2.45) is 0 Å². The Kier molecular flexibility index (Phi) is 6.07. The number of methoxy groups -OCH3 is 2. The molecule has 0 saturated carbocycles. The average molecular weight is 277 g/mol. The fourth-order valence-electron chi connectivity index (χ4n) is 1.40. The molecule has 6 heteroatoms. The van der Waals surface area contributed by atoms with Gasteiger partial charge in [0.1, 0.15) is 18.2 Å². The van der Waals surface area contributed by atoms with E-state index in [1.54, 1.807) is 12.1 Å². The van der Waals surface area contributed by atoms with E-state index in [2.05, 4.69) is 0 Å². The number of nitriles is 1. The van der Waals surface area contributed by atoms with Crippen LogP contribution in [-0.2, 0) is 14.3 Å². The van der Waals surface area contributed by atoms with Crippen LogP contribution in [0.25, 0.3) is 6.08 Å². The van der Waals surface area contributed by atoms with Crippen LogP contribution in [-0.4, -0.2) is 38.5 Å². The third-order valence-electron chi connectivity index (χ3n) is 2.37. The standard InChI is InChI=1S/C14H15NO5/c1-18-5-6-20-14(17)11(9-15)7-10-3-4-13(19-2)12(16)8-10/h3-4,7-8,16H,5-6H2,1-2H3. The number of esters is 1. The van der Waals surface area contributed by atoms with E-state index in [-0.39, 0.29) is 24.5 Å². The van der Waals surface area contributed by atoms with Crippen molar-refractivity contribution < 1.29 is 24.1 Å². The summed E-state index contributed by atoms with van der Waals surface area (Å²) < 4.78 is 14.5. The van der Waals surface area contributed by atoms with Gasteiger partial charge in [0.25, 0.3) is 0 Å². The minimum atomic E-state index is -0.736. The van der Waals surface area contributed by atoms with Gasteiger partial charge in [-0.15, -0.1) is 0 Å². The van der Waals surface area contributed by atoms with Gasteiger partial charge in [0.2, 0.25) is 0 Å². The first-order valence-electron chi connectivity index (χ1n) is 5.77. The molecule has 0 aliphatic carbocycles. The van der Waals surface area contributed by atoms with Crippen molar-refractivity contribution in [1.82, 2.24) is 0 Å². The van der Waals surface area contributed by atoms with E-state index in [4.69, 9.17) is 19.5 Å². The zero-order valence-electron chi connectivity index (χ0n) is 11.3. The van der Waals surface area contributed by atoms with E-state index in [0.717, 1.165) is 0 Å². The van der Waals surface area contributed by atoms with E-state index in [0.29, 0.717) is 11.3 Å². The quantitative estimate of drug-likeness (QED) is 0.367. The Labute approximate surface area is 116 Å². The summed E-state index contributed by atoms with van der Waals surface area (Å²) in [4.78, 5) is 11.6. The molecular formula is C14H15NO5. The minimum absolute atomic E-state index is 0.0716. The fraction of sp³-hybridized carbons (Fsp3) is 0.286. The molecule has 0 atom stereocenters. The van der Waals surface area contributed by atoms with Crippen LogP contribution >= 0.6 is 0 Å². The fourth-order valence-corrected chi connectivity index (χ4v) is 1.40. The highest BCUT2D eigenvalue weighted by Crippen LogP contribution is 2.27. The van der Waals surface area contributed by atoms with Crippen LogP contribution < -0.4 is 4.74 Å². The molecule has 0 fully saturated rings. The molecule has 0 radical (unpaired) electrons. The molecule has 0 aromatic heterocycles. The molecule has 0 spiro atoms. The lowest BCUT2D eigenvalue weighted by atomic mass is 10.1. The van der Waals surface area contributed by atoms with Gasteiger partial charge in [0, 0.05) is 7.11 Å². The molecule has 0 heterocycles. The van der Waals surface area contributed by atoms with E-state index < -0.39 is 5.97 Å². The number of phenolic OH excluding ortho intramolecular Hbond substituents is 1. The summed E-state index contributed by atoms with van der Waals surface area (Å²) in [5, 5.41) is 18.6. The first-order valence-corrected chi connectivity index (χ1v) is 5.77. The first-order chi connectivity index (χ1) is 9.62. The molecule has 1 N–H and O–H groups in total. The van der Waals surface area contributed by atoms with Gasteiger partial charge in [-0.05, 0) is 23.8 Å². The smallest absolute Gasteiger partial charge is 0.348 e. The van der Waals surface area contributed by atoms with Crippen LogP contribution in [0.1, 0.15) is 5.56 Å².